The first-order valence-corrected chi connectivity index (χ1v) is 13.9. The number of aromatic carboxylic acids is 1. The van der Waals surface area contributed by atoms with Crippen LogP contribution in [0.25, 0.3) is 16.4 Å². The molecule has 0 unspecified atom stereocenters. The lowest BCUT2D eigenvalue weighted by molar-refractivity contribution is 0.0691. The maximum Gasteiger partial charge on any atom is 0.355 e. The summed E-state index contributed by atoms with van der Waals surface area (Å²) < 4.78 is 31.0. The lowest BCUT2D eigenvalue weighted by atomic mass is 10.0. The number of ether oxygens (including phenoxy) is 1. The van der Waals surface area contributed by atoms with Gasteiger partial charge in [0.05, 0.1) is 16.7 Å². The van der Waals surface area contributed by atoms with Crippen LogP contribution in [0.2, 0.25) is 0 Å². The van der Waals surface area contributed by atoms with E-state index in [2.05, 4.69) is 4.98 Å². The standard InChI is InChI=1S/C25H24N4O5S2/c26-36(32,33)21-10-8-16(9-11-21)12-18-14-29(25-27-22(15-35-25)24(30)31)28-23(18)17-4-3-7-20(13-17)34-19-5-1-2-6-19/h3-4,7-11,13-15,19H,1-2,5-6,12H2,(H,30,31)(H2,26,32,33). The van der Waals surface area contributed by atoms with Crippen molar-refractivity contribution in [2.24, 2.45) is 5.14 Å². The van der Waals surface area contributed by atoms with Gasteiger partial charge in [-0.15, -0.1) is 11.3 Å². The van der Waals surface area contributed by atoms with Crippen LogP contribution in [-0.4, -0.2) is 40.4 Å². The Morgan fingerprint density at radius 3 is 2.58 bits per heavy atom. The van der Waals surface area contributed by atoms with Crippen molar-refractivity contribution in [1.82, 2.24) is 14.8 Å². The van der Waals surface area contributed by atoms with Crippen molar-refractivity contribution in [2.45, 2.75) is 43.1 Å². The van der Waals surface area contributed by atoms with Crippen LogP contribution in [0.1, 0.15) is 47.3 Å². The third-order valence-electron chi connectivity index (χ3n) is 6.06. The molecule has 4 aromatic rings. The highest BCUT2D eigenvalue weighted by molar-refractivity contribution is 7.89. The summed E-state index contributed by atoms with van der Waals surface area (Å²) >= 11 is 1.19. The molecule has 1 fully saturated rings. The second-order valence-corrected chi connectivity index (χ2v) is 11.1. The first-order chi connectivity index (χ1) is 17.3. The molecule has 0 spiro atoms. The number of rotatable bonds is 8. The van der Waals surface area contributed by atoms with E-state index < -0.39 is 16.0 Å². The molecule has 11 heteroatoms. The van der Waals surface area contributed by atoms with Crippen molar-refractivity contribution in [2.75, 3.05) is 0 Å². The van der Waals surface area contributed by atoms with Crippen LogP contribution >= 0.6 is 11.3 Å². The lowest BCUT2D eigenvalue weighted by Crippen LogP contribution is -2.11. The Hall–Kier alpha value is -3.54. The molecule has 3 N–H and O–H groups in total. The summed E-state index contributed by atoms with van der Waals surface area (Å²) in [5, 5.41) is 21.1. The zero-order valence-corrected chi connectivity index (χ0v) is 20.8. The molecule has 2 aromatic carbocycles. The van der Waals surface area contributed by atoms with Gasteiger partial charge in [-0.05, 0) is 55.5 Å². The Morgan fingerprint density at radius 1 is 1.17 bits per heavy atom. The molecule has 0 aliphatic heterocycles. The molecule has 0 radical (unpaired) electrons. The fourth-order valence-electron chi connectivity index (χ4n) is 4.28. The number of nitrogens with two attached hydrogens (primary N) is 1. The quantitative estimate of drug-likeness (QED) is 0.351. The second kappa shape index (κ2) is 9.84. The van der Waals surface area contributed by atoms with Crippen molar-refractivity contribution >= 4 is 27.3 Å². The summed E-state index contributed by atoms with van der Waals surface area (Å²) in [6.07, 6.45) is 6.95. The summed E-state index contributed by atoms with van der Waals surface area (Å²) in [5.74, 6) is -0.323. The molecule has 9 nitrogen and oxygen atoms in total. The Labute approximate surface area is 212 Å². The number of benzene rings is 2. The van der Waals surface area contributed by atoms with E-state index in [1.54, 1.807) is 16.8 Å². The highest BCUT2D eigenvalue weighted by atomic mass is 32.2. The van der Waals surface area contributed by atoms with Crippen molar-refractivity contribution in [1.29, 1.82) is 0 Å². The van der Waals surface area contributed by atoms with E-state index in [1.807, 2.05) is 30.5 Å². The van der Waals surface area contributed by atoms with Gasteiger partial charge in [-0.3, -0.25) is 0 Å². The summed E-state index contributed by atoms with van der Waals surface area (Å²) in [6, 6.07) is 14.2. The monoisotopic (exact) mass is 524 g/mol. The number of carboxylic acids is 1. The van der Waals surface area contributed by atoms with E-state index in [9.17, 15) is 18.3 Å². The minimum atomic E-state index is -3.78. The molecule has 0 bridgehead atoms. The average molecular weight is 525 g/mol. The number of thiazole rings is 1. The van der Waals surface area contributed by atoms with Crippen molar-refractivity contribution in [3.05, 3.63) is 76.9 Å². The molecular weight excluding hydrogens is 500 g/mol. The van der Waals surface area contributed by atoms with Gasteiger partial charge < -0.3 is 9.84 Å². The summed E-state index contributed by atoms with van der Waals surface area (Å²) in [5.41, 5.74) is 3.25. The number of aromatic nitrogens is 3. The first kappa shape index (κ1) is 24.2. The number of carboxylic acid groups (broad SMARTS) is 1. The predicted molar refractivity (Wildman–Crippen MR) is 135 cm³/mol. The summed E-state index contributed by atoms with van der Waals surface area (Å²) in [4.78, 5) is 15.5. The van der Waals surface area contributed by atoms with Gasteiger partial charge in [0.1, 0.15) is 5.75 Å². The molecule has 0 amide bonds. The van der Waals surface area contributed by atoms with Crippen LogP contribution < -0.4 is 9.88 Å². The maximum atomic E-state index is 11.6. The van der Waals surface area contributed by atoms with Gasteiger partial charge in [-0.2, -0.15) is 5.10 Å². The molecule has 0 saturated heterocycles. The molecule has 1 saturated carbocycles. The summed E-state index contributed by atoms with van der Waals surface area (Å²) in [7, 11) is -3.78. The second-order valence-electron chi connectivity index (χ2n) is 8.69. The van der Waals surface area contributed by atoms with Crippen molar-refractivity contribution < 1.29 is 23.1 Å². The van der Waals surface area contributed by atoms with Crippen LogP contribution in [0.4, 0.5) is 0 Å². The Kier molecular flexibility index (Phi) is 6.61. The zero-order valence-electron chi connectivity index (χ0n) is 19.2. The van der Waals surface area contributed by atoms with Crippen LogP contribution in [-0.2, 0) is 16.4 Å². The van der Waals surface area contributed by atoms with Gasteiger partial charge in [-0.1, -0.05) is 24.3 Å². The van der Waals surface area contributed by atoms with Crippen LogP contribution in [0, 0.1) is 0 Å². The normalized spacial score (nSPS) is 14.2. The van der Waals surface area contributed by atoms with Gasteiger partial charge in [-0.25, -0.2) is 28.0 Å². The smallest absolute Gasteiger partial charge is 0.355 e. The fraction of sp³-hybridized carbons (Fsp3) is 0.240. The molecule has 5 rings (SSSR count). The minimum absolute atomic E-state index is 0.0425. The van der Waals surface area contributed by atoms with Crippen LogP contribution in [0.15, 0.2) is 65.0 Å². The highest BCUT2D eigenvalue weighted by Gasteiger charge is 2.19. The van der Waals surface area contributed by atoms with Gasteiger partial charge in [0.15, 0.2) is 5.69 Å². The molecule has 2 aromatic heterocycles. The molecule has 0 atom stereocenters. The van der Waals surface area contributed by atoms with Crippen LogP contribution in [0.3, 0.4) is 0 Å². The number of primary sulfonamides is 1. The van der Waals surface area contributed by atoms with E-state index in [-0.39, 0.29) is 16.7 Å². The van der Waals surface area contributed by atoms with E-state index in [1.165, 1.54) is 41.7 Å². The Morgan fingerprint density at radius 2 is 1.92 bits per heavy atom. The fourth-order valence-corrected chi connectivity index (χ4v) is 5.52. The predicted octanol–water partition coefficient (Wildman–Crippen LogP) is 4.25. The Bertz CT molecular complexity index is 1500. The van der Waals surface area contributed by atoms with Gasteiger partial charge >= 0.3 is 5.97 Å². The first-order valence-electron chi connectivity index (χ1n) is 11.4. The number of sulfonamides is 1. The Balaban J connectivity index is 1.51. The minimum Gasteiger partial charge on any atom is -0.490 e. The van der Waals surface area contributed by atoms with Gasteiger partial charge in [0.25, 0.3) is 0 Å². The highest BCUT2D eigenvalue weighted by Crippen LogP contribution is 2.31. The van der Waals surface area contributed by atoms with E-state index in [0.29, 0.717) is 17.2 Å². The number of nitrogens with zero attached hydrogens (tertiary/aromatic N) is 3. The van der Waals surface area contributed by atoms with Crippen LogP contribution in [0.5, 0.6) is 5.75 Å². The van der Waals surface area contributed by atoms with E-state index >= 15 is 0 Å². The molecule has 1 aliphatic carbocycles. The van der Waals surface area contributed by atoms with Gasteiger partial charge in [0, 0.05) is 29.1 Å². The molecule has 1 aliphatic rings. The molecule has 2 heterocycles. The SMILES string of the molecule is NS(=O)(=O)c1ccc(Cc2cn(-c3nc(C(=O)O)cs3)nc2-c2cccc(OC3CCCC3)c2)cc1. The number of carbonyl (C=O) groups is 1. The lowest BCUT2D eigenvalue weighted by Gasteiger charge is -2.13. The van der Waals surface area contributed by atoms with Crippen molar-refractivity contribution in [3.63, 3.8) is 0 Å². The molecule has 36 heavy (non-hydrogen) atoms. The van der Waals surface area contributed by atoms with Crippen molar-refractivity contribution in [3.8, 4) is 22.1 Å². The van der Waals surface area contributed by atoms with Gasteiger partial charge in [0.2, 0.25) is 15.2 Å². The maximum absolute atomic E-state index is 11.6. The third-order valence-corrected chi connectivity index (χ3v) is 7.82. The number of hydrogen-bond donors (Lipinski definition) is 2. The molecule has 186 valence electrons. The molecular formula is C25H24N4O5S2. The van der Waals surface area contributed by atoms with E-state index in [4.69, 9.17) is 15.0 Å². The van der Waals surface area contributed by atoms with E-state index in [0.717, 1.165) is 35.3 Å². The number of hydrogen-bond acceptors (Lipinski definition) is 7. The third kappa shape index (κ3) is 5.32. The zero-order chi connectivity index (χ0) is 25.3. The largest absolute Gasteiger partial charge is 0.490 e. The average Bonchev–Trinajstić information content (AvgIpc) is 3.60. The summed E-state index contributed by atoms with van der Waals surface area (Å²) in [6.45, 7) is 0. The topological polar surface area (TPSA) is 137 Å².